The van der Waals surface area contributed by atoms with Crippen LogP contribution in [0, 0.1) is 5.92 Å². The van der Waals surface area contributed by atoms with E-state index in [9.17, 15) is 9.36 Å². The van der Waals surface area contributed by atoms with Crippen LogP contribution in [0.25, 0.3) is 0 Å². The third-order valence-corrected chi connectivity index (χ3v) is 3.51. The molecule has 19 heavy (non-hydrogen) atoms. The number of halogens is 3. The second-order valence-electron chi connectivity index (χ2n) is 3.93. The standard InChI is InChI=1S/C10H16Cl3O5P/c1-3-7(4-2)5-6-8(14)17-9(10(11,12)13)18-19(15)16/h7,9H,3-6H2,1-2H3/p+1. The Hall–Kier alpha value is 0.360. The second kappa shape index (κ2) is 9.32. The van der Waals surface area contributed by atoms with Crippen molar-refractivity contribution >= 4 is 49.0 Å². The highest BCUT2D eigenvalue weighted by Crippen LogP contribution is 2.37. The molecule has 0 aliphatic rings. The molecule has 0 amide bonds. The fourth-order valence-corrected chi connectivity index (χ4v) is 2.25. The molecule has 0 aromatic rings. The Bertz CT molecular complexity index is 304. The van der Waals surface area contributed by atoms with Crippen molar-refractivity contribution in [2.75, 3.05) is 0 Å². The summed E-state index contributed by atoms with van der Waals surface area (Å²) in [4.78, 5) is 20.2. The predicted octanol–water partition coefficient (Wildman–Crippen LogP) is 4.11. The molecule has 5 nitrogen and oxygen atoms in total. The minimum absolute atomic E-state index is 0.134. The summed E-state index contributed by atoms with van der Waals surface area (Å²) in [6.45, 7) is 4.06. The summed E-state index contributed by atoms with van der Waals surface area (Å²) in [5.74, 6) is -0.228. The number of esters is 1. The van der Waals surface area contributed by atoms with Gasteiger partial charge in [-0.15, -0.1) is 4.89 Å². The Morgan fingerprint density at radius 1 is 1.32 bits per heavy atom. The Morgan fingerprint density at radius 3 is 2.21 bits per heavy atom. The molecule has 1 N–H and O–H groups in total. The van der Waals surface area contributed by atoms with Crippen molar-refractivity contribution in [3.05, 3.63) is 0 Å². The summed E-state index contributed by atoms with van der Waals surface area (Å²) in [6.07, 6.45) is 0.979. The van der Waals surface area contributed by atoms with Crippen molar-refractivity contribution in [3.63, 3.8) is 0 Å². The van der Waals surface area contributed by atoms with Crippen molar-refractivity contribution in [2.24, 2.45) is 5.92 Å². The van der Waals surface area contributed by atoms with Gasteiger partial charge in [-0.3, -0.25) is 4.79 Å². The van der Waals surface area contributed by atoms with Crippen molar-refractivity contribution in [2.45, 2.75) is 49.6 Å². The molecule has 2 unspecified atom stereocenters. The minimum atomic E-state index is -3.04. The van der Waals surface area contributed by atoms with Crippen molar-refractivity contribution in [3.8, 4) is 0 Å². The highest BCUT2D eigenvalue weighted by molar-refractivity contribution is 7.32. The molecule has 0 fully saturated rings. The minimum Gasteiger partial charge on any atom is -0.426 e. The van der Waals surface area contributed by atoms with Gasteiger partial charge in [-0.25, -0.2) is 0 Å². The molecule has 0 heterocycles. The van der Waals surface area contributed by atoms with E-state index in [1.165, 1.54) is 0 Å². The quantitative estimate of drug-likeness (QED) is 0.307. The maximum atomic E-state index is 11.6. The Balaban J connectivity index is 4.35. The summed E-state index contributed by atoms with van der Waals surface area (Å²) in [5, 5.41) is 0. The molecule has 0 radical (unpaired) electrons. The van der Waals surface area contributed by atoms with Crippen molar-refractivity contribution < 1.29 is 23.5 Å². The molecular weight excluding hydrogens is 337 g/mol. The van der Waals surface area contributed by atoms with Gasteiger partial charge in [-0.2, -0.15) is 0 Å². The smallest absolute Gasteiger partial charge is 0.426 e. The number of hydrogen-bond donors (Lipinski definition) is 1. The summed E-state index contributed by atoms with van der Waals surface area (Å²) in [5.41, 5.74) is 0. The Morgan fingerprint density at radius 2 is 1.84 bits per heavy atom. The number of rotatable bonds is 8. The second-order valence-corrected chi connectivity index (χ2v) is 6.98. The fourth-order valence-electron chi connectivity index (χ4n) is 1.43. The summed E-state index contributed by atoms with van der Waals surface area (Å²) < 4.78 is 17.6. The number of hydrogen-bond acceptors (Lipinski definition) is 4. The van der Waals surface area contributed by atoms with Crippen LogP contribution in [-0.4, -0.2) is 20.9 Å². The topological polar surface area (TPSA) is 72.8 Å². The Labute approximate surface area is 128 Å². The van der Waals surface area contributed by atoms with Gasteiger partial charge >= 0.3 is 20.5 Å². The lowest BCUT2D eigenvalue weighted by Crippen LogP contribution is -2.32. The molecule has 9 heteroatoms. The first-order valence-electron chi connectivity index (χ1n) is 5.79. The molecule has 0 spiro atoms. The van der Waals surface area contributed by atoms with Crippen LogP contribution in [0.15, 0.2) is 0 Å². The summed E-state index contributed by atoms with van der Waals surface area (Å²) in [6, 6.07) is 0. The molecule has 0 aromatic carbocycles. The molecule has 2 atom stereocenters. The van der Waals surface area contributed by atoms with E-state index < -0.39 is 24.3 Å². The zero-order valence-corrected chi connectivity index (χ0v) is 13.8. The lowest BCUT2D eigenvalue weighted by Gasteiger charge is -2.19. The van der Waals surface area contributed by atoms with Crippen LogP contribution in [0.4, 0.5) is 0 Å². The van der Waals surface area contributed by atoms with Crippen LogP contribution in [0.5, 0.6) is 0 Å². The molecule has 0 saturated carbocycles. The van der Waals surface area contributed by atoms with E-state index in [0.717, 1.165) is 12.8 Å². The first-order chi connectivity index (χ1) is 8.70. The third kappa shape index (κ3) is 9.01. The third-order valence-electron chi connectivity index (χ3n) is 2.60. The maximum Gasteiger partial charge on any atom is 0.698 e. The van der Waals surface area contributed by atoms with Gasteiger partial charge in [0, 0.05) is 11.0 Å². The lowest BCUT2D eigenvalue weighted by molar-refractivity contribution is -0.163. The van der Waals surface area contributed by atoms with E-state index >= 15 is 0 Å². The van der Waals surface area contributed by atoms with E-state index in [-0.39, 0.29) is 6.42 Å². The first kappa shape index (κ1) is 19.4. The molecule has 0 saturated heterocycles. The van der Waals surface area contributed by atoms with Crippen molar-refractivity contribution in [1.29, 1.82) is 0 Å². The van der Waals surface area contributed by atoms with Gasteiger partial charge in [0.2, 0.25) is 0 Å². The van der Waals surface area contributed by atoms with E-state index in [2.05, 4.69) is 4.52 Å². The number of carbonyl (C=O) groups is 1. The van der Waals surface area contributed by atoms with Crippen LogP contribution >= 0.6 is 43.1 Å². The average Bonchev–Trinajstić information content (AvgIpc) is 2.27. The van der Waals surface area contributed by atoms with Crippen LogP contribution in [0.1, 0.15) is 39.5 Å². The van der Waals surface area contributed by atoms with Gasteiger partial charge in [0.25, 0.3) is 3.79 Å². The zero-order valence-electron chi connectivity index (χ0n) is 10.6. The molecule has 0 bridgehead atoms. The maximum absolute atomic E-state index is 11.6. The van der Waals surface area contributed by atoms with Crippen LogP contribution < -0.4 is 0 Å². The van der Waals surface area contributed by atoms with Gasteiger partial charge in [0.15, 0.2) is 0 Å². The van der Waals surface area contributed by atoms with E-state index in [4.69, 9.17) is 44.4 Å². The highest BCUT2D eigenvalue weighted by Gasteiger charge is 2.43. The Kier molecular flexibility index (Phi) is 9.50. The molecule has 112 valence electrons. The molecule has 0 aromatic heterocycles. The van der Waals surface area contributed by atoms with Gasteiger partial charge in [-0.05, 0) is 12.3 Å². The van der Waals surface area contributed by atoms with Gasteiger partial charge in [0.1, 0.15) is 0 Å². The highest BCUT2D eigenvalue weighted by atomic mass is 35.6. The largest absolute Gasteiger partial charge is 0.698 e. The molecular formula is C10H17Cl3O5P+. The number of ether oxygens (including phenoxy) is 1. The SMILES string of the molecule is CCC(CC)CCC(=O)OC(O[P+](=O)O)C(Cl)(Cl)Cl. The van der Waals surface area contributed by atoms with Crippen LogP contribution in [-0.2, 0) is 18.6 Å². The zero-order chi connectivity index (χ0) is 15.1. The monoisotopic (exact) mass is 353 g/mol. The fraction of sp³-hybridized carbons (Fsp3) is 0.900. The van der Waals surface area contributed by atoms with E-state index in [0.29, 0.717) is 12.3 Å². The normalized spacial score (nSPS) is 14.4. The van der Waals surface area contributed by atoms with Crippen LogP contribution in [0.2, 0.25) is 0 Å². The summed E-state index contributed by atoms with van der Waals surface area (Å²) in [7, 11) is -3.04. The predicted molar refractivity (Wildman–Crippen MR) is 74.4 cm³/mol. The first-order valence-corrected chi connectivity index (χ1v) is 8.06. The summed E-state index contributed by atoms with van der Waals surface area (Å²) >= 11 is 16.5. The van der Waals surface area contributed by atoms with Gasteiger partial charge in [-0.1, -0.05) is 66.0 Å². The molecule has 0 aliphatic carbocycles. The number of carbonyl (C=O) groups excluding carboxylic acids is 1. The average molecular weight is 355 g/mol. The van der Waals surface area contributed by atoms with E-state index in [1.807, 2.05) is 13.8 Å². The molecule has 0 aliphatic heterocycles. The molecule has 0 rings (SSSR count). The van der Waals surface area contributed by atoms with Gasteiger partial charge in [0.05, 0.1) is 0 Å². The lowest BCUT2D eigenvalue weighted by atomic mass is 9.98. The van der Waals surface area contributed by atoms with Crippen LogP contribution in [0.3, 0.4) is 0 Å². The number of alkyl halides is 3. The van der Waals surface area contributed by atoms with Crippen molar-refractivity contribution in [1.82, 2.24) is 0 Å². The van der Waals surface area contributed by atoms with E-state index in [1.54, 1.807) is 0 Å². The van der Waals surface area contributed by atoms with Gasteiger partial charge < -0.3 is 4.74 Å².